The van der Waals surface area contributed by atoms with Crippen molar-refractivity contribution < 1.29 is 14.3 Å². The van der Waals surface area contributed by atoms with Crippen molar-refractivity contribution >= 4 is 37.3 Å². The number of nitrogens with zero attached hydrogens (tertiary/aromatic N) is 1. The van der Waals surface area contributed by atoms with Gasteiger partial charge in [-0.25, -0.2) is 0 Å². The second-order valence-corrected chi connectivity index (χ2v) is 13.4. The van der Waals surface area contributed by atoms with Crippen molar-refractivity contribution in [1.82, 2.24) is 9.88 Å². The van der Waals surface area contributed by atoms with E-state index < -0.39 is 5.60 Å². The Morgan fingerprint density at radius 1 is 1.07 bits per heavy atom. The van der Waals surface area contributed by atoms with Crippen LogP contribution < -0.4 is 10.6 Å². The summed E-state index contributed by atoms with van der Waals surface area (Å²) in [6.07, 6.45) is 13.1. The van der Waals surface area contributed by atoms with Crippen LogP contribution in [0.25, 0.3) is 10.9 Å². The lowest BCUT2D eigenvalue weighted by Gasteiger charge is -2.28. The predicted octanol–water partition coefficient (Wildman–Crippen LogP) is 7.74. The van der Waals surface area contributed by atoms with Crippen LogP contribution >= 0.6 is 9.24 Å². The van der Waals surface area contributed by atoms with Gasteiger partial charge in [0.2, 0.25) is 0 Å². The summed E-state index contributed by atoms with van der Waals surface area (Å²) in [6, 6.07) is 14.1. The normalized spacial score (nSPS) is 17.7. The molecule has 224 valence electrons. The average molecular weight is 595 g/mol. The van der Waals surface area contributed by atoms with Gasteiger partial charge in [-0.2, -0.15) is 0 Å². The molecule has 0 spiro atoms. The van der Waals surface area contributed by atoms with Crippen LogP contribution in [0, 0.1) is 19.8 Å². The summed E-state index contributed by atoms with van der Waals surface area (Å²) < 4.78 is 8.09. The molecule has 1 aromatic heterocycles. The number of carbonyl (C=O) groups excluding carboxylic acids is 2. The molecule has 3 aromatic rings. The number of aryl methyl sites for hydroxylation is 1. The third-order valence-electron chi connectivity index (χ3n) is 8.48. The van der Waals surface area contributed by atoms with Crippen LogP contribution in [-0.2, 0) is 16.1 Å². The minimum Gasteiger partial charge on any atom is -0.459 e. The first-order chi connectivity index (χ1) is 20.4. The Morgan fingerprint density at radius 3 is 2.56 bits per heavy atom. The van der Waals surface area contributed by atoms with Gasteiger partial charge in [-0.1, -0.05) is 54.2 Å². The van der Waals surface area contributed by atoms with Gasteiger partial charge in [0.25, 0.3) is 5.91 Å². The van der Waals surface area contributed by atoms with E-state index in [-0.39, 0.29) is 23.8 Å². The van der Waals surface area contributed by atoms with Gasteiger partial charge in [-0.3, -0.25) is 9.59 Å². The summed E-state index contributed by atoms with van der Waals surface area (Å²) in [5, 5.41) is 5.36. The van der Waals surface area contributed by atoms with Crippen molar-refractivity contribution in [2.45, 2.75) is 79.0 Å². The SMILES string of the molecule is Cc1c(C)n(CC2=CC=C(C3=CC=CCC3C(=O)OC(C)(C)C)CC2)c2ccc(C(=O)NC(C)c3cccc(P)c3)cc12. The van der Waals surface area contributed by atoms with Crippen molar-refractivity contribution in [3.63, 3.8) is 0 Å². The van der Waals surface area contributed by atoms with E-state index in [4.69, 9.17) is 4.74 Å². The maximum absolute atomic E-state index is 13.2. The molecule has 2 aromatic carbocycles. The quantitative estimate of drug-likeness (QED) is 0.225. The smallest absolute Gasteiger partial charge is 0.314 e. The highest BCUT2D eigenvalue weighted by Gasteiger charge is 2.30. The molecule has 0 saturated carbocycles. The maximum atomic E-state index is 13.2. The second-order valence-electron chi connectivity index (χ2n) is 12.8. The van der Waals surface area contributed by atoms with Crippen molar-refractivity contribution in [3.05, 3.63) is 112 Å². The van der Waals surface area contributed by atoms with E-state index in [1.807, 2.05) is 70.2 Å². The van der Waals surface area contributed by atoms with Gasteiger partial charge in [-0.15, -0.1) is 9.24 Å². The summed E-state index contributed by atoms with van der Waals surface area (Å²) in [7, 11) is 2.71. The monoisotopic (exact) mass is 594 g/mol. The van der Waals surface area contributed by atoms with Crippen LogP contribution in [0.2, 0.25) is 0 Å². The predicted molar refractivity (Wildman–Crippen MR) is 180 cm³/mol. The molecule has 0 fully saturated rings. The van der Waals surface area contributed by atoms with E-state index >= 15 is 0 Å². The first kappa shape index (κ1) is 30.8. The topological polar surface area (TPSA) is 60.3 Å². The zero-order valence-corrected chi connectivity index (χ0v) is 27.3. The molecule has 0 radical (unpaired) electrons. The van der Waals surface area contributed by atoms with Gasteiger partial charge in [0, 0.05) is 28.7 Å². The number of hydrogen-bond donors (Lipinski definition) is 1. The van der Waals surface area contributed by atoms with Gasteiger partial charge in [-0.05, 0) is 113 Å². The summed E-state index contributed by atoms with van der Waals surface area (Å²) in [6.45, 7) is 12.8. The van der Waals surface area contributed by atoms with Gasteiger partial charge in [0.05, 0.1) is 12.0 Å². The Kier molecular flexibility index (Phi) is 8.94. The molecule has 2 aliphatic rings. The van der Waals surface area contributed by atoms with E-state index in [9.17, 15) is 9.59 Å². The molecule has 2 aliphatic carbocycles. The zero-order valence-electron chi connectivity index (χ0n) is 26.2. The molecule has 5 nitrogen and oxygen atoms in total. The number of rotatable bonds is 7. The minimum absolute atomic E-state index is 0.0717. The Hall–Kier alpha value is -3.69. The molecule has 1 amide bonds. The number of allylic oxidation sites excluding steroid dienone is 7. The van der Waals surface area contributed by atoms with Crippen LogP contribution in [0.4, 0.5) is 0 Å². The van der Waals surface area contributed by atoms with Crippen molar-refractivity contribution in [2.75, 3.05) is 0 Å². The second kappa shape index (κ2) is 12.5. The van der Waals surface area contributed by atoms with Crippen LogP contribution in [0.15, 0.2) is 89.6 Å². The first-order valence-electron chi connectivity index (χ1n) is 15.2. The fourth-order valence-corrected chi connectivity index (χ4v) is 6.30. The summed E-state index contributed by atoms with van der Waals surface area (Å²) in [4.78, 5) is 26.2. The van der Waals surface area contributed by atoms with Crippen LogP contribution in [0.1, 0.15) is 80.2 Å². The number of fused-ring (bicyclic) bond motifs is 1. The summed E-state index contributed by atoms with van der Waals surface area (Å²) in [5.74, 6) is -0.480. The van der Waals surface area contributed by atoms with Crippen LogP contribution in [0.5, 0.6) is 0 Å². The summed E-state index contributed by atoms with van der Waals surface area (Å²) >= 11 is 0. The molecule has 0 saturated heterocycles. The molecule has 5 rings (SSSR count). The third kappa shape index (κ3) is 6.94. The van der Waals surface area contributed by atoms with E-state index in [1.54, 1.807) is 0 Å². The van der Waals surface area contributed by atoms with Gasteiger partial charge in [0.15, 0.2) is 0 Å². The Balaban J connectivity index is 1.33. The molecule has 1 N–H and O–H groups in total. The van der Waals surface area contributed by atoms with E-state index in [2.05, 4.69) is 63.3 Å². The minimum atomic E-state index is -0.503. The number of carbonyl (C=O) groups is 2. The highest BCUT2D eigenvalue weighted by atomic mass is 31.0. The molecule has 6 heteroatoms. The third-order valence-corrected chi connectivity index (χ3v) is 8.84. The molecule has 3 unspecified atom stereocenters. The Labute approximate surface area is 258 Å². The fourth-order valence-electron chi connectivity index (χ4n) is 6.00. The molecule has 1 heterocycles. The lowest BCUT2D eigenvalue weighted by molar-refractivity contribution is -0.158. The van der Waals surface area contributed by atoms with E-state index in [1.165, 1.54) is 22.4 Å². The summed E-state index contributed by atoms with van der Waals surface area (Å²) in [5.41, 5.74) is 8.41. The van der Waals surface area contributed by atoms with Crippen LogP contribution in [-0.4, -0.2) is 22.0 Å². The molecule has 43 heavy (non-hydrogen) atoms. The first-order valence-corrected chi connectivity index (χ1v) is 15.7. The number of amides is 1. The largest absolute Gasteiger partial charge is 0.459 e. The molecule has 0 aliphatic heterocycles. The zero-order chi connectivity index (χ0) is 30.9. The van der Waals surface area contributed by atoms with Crippen molar-refractivity contribution in [3.8, 4) is 0 Å². The van der Waals surface area contributed by atoms with Gasteiger partial charge >= 0.3 is 5.97 Å². The van der Waals surface area contributed by atoms with Crippen LogP contribution in [0.3, 0.4) is 0 Å². The fraction of sp³-hybridized carbons (Fsp3) is 0.351. The maximum Gasteiger partial charge on any atom is 0.314 e. The van der Waals surface area contributed by atoms with E-state index in [0.29, 0.717) is 12.0 Å². The Morgan fingerprint density at radius 2 is 1.86 bits per heavy atom. The number of aromatic nitrogens is 1. The standard InChI is InChI=1S/C37H43N2O3P/c1-23-25(3)39(34-19-18-29(21-33(23)34)35(40)38-24(2)28-10-9-11-30(43)20-28)22-26-14-16-27(17-15-26)31-12-7-8-13-32(31)36(41)42-37(4,5)6/h7-12,14,16,18-21,24,32H,13,15,17,22,43H2,1-6H3,(H,38,40). The van der Waals surface area contributed by atoms with Gasteiger partial charge in [0.1, 0.15) is 5.60 Å². The highest BCUT2D eigenvalue weighted by Crippen LogP contribution is 2.35. The number of nitrogens with one attached hydrogen (secondary N) is 1. The molecule has 3 atom stereocenters. The van der Waals surface area contributed by atoms with Gasteiger partial charge < -0.3 is 14.6 Å². The molecule has 0 bridgehead atoms. The van der Waals surface area contributed by atoms with E-state index in [0.717, 1.165) is 46.7 Å². The number of hydrogen-bond acceptors (Lipinski definition) is 3. The lowest BCUT2D eigenvalue weighted by Crippen LogP contribution is -2.30. The lowest BCUT2D eigenvalue weighted by atomic mass is 9.82. The molecular formula is C37H43N2O3P. The van der Waals surface area contributed by atoms with Crippen molar-refractivity contribution in [2.24, 2.45) is 5.92 Å². The highest BCUT2D eigenvalue weighted by molar-refractivity contribution is 7.27. The number of esters is 1. The Bertz CT molecular complexity index is 1700. The van der Waals surface area contributed by atoms with Crippen molar-refractivity contribution in [1.29, 1.82) is 0 Å². The number of ether oxygens (including phenoxy) is 1. The molecular weight excluding hydrogens is 551 g/mol. The number of benzene rings is 2. The average Bonchev–Trinajstić information content (AvgIpc) is 3.21.